The molecule has 1 aliphatic rings. The molecule has 6 heteroatoms. The number of para-hydroxylation sites is 1. The third kappa shape index (κ3) is 2.92. The first-order chi connectivity index (χ1) is 15.3. The van der Waals surface area contributed by atoms with E-state index in [1.165, 1.54) is 0 Å². The predicted octanol–water partition coefficient (Wildman–Crippen LogP) is 4.83. The van der Waals surface area contributed by atoms with Gasteiger partial charge in [0.25, 0.3) is 0 Å². The van der Waals surface area contributed by atoms with Crippen molar-refractivity contribution in [3.63, 3.8) is 0 Å². The first kappa shape index (κ1) is 20.3. The fourth-order valence-electron chi connectivity index (χ4n) is 4.29. The molecule has 0 saturated carbocycles. The van der Waals surface area contributed by atoms with Crippen LogP contribution in [0.15, 0.2) is 60.7 Å². The summed E-state index contributed by atoms with van der Waals surface area (Å²) < 4.78 is 14.9. The van der Waals surface area contributed by atoms with Crippen LogP contribution in [0.2, 0.25) is 0 Å². The molecule has 1 aliphatic heterocycles. The van der Waals surface area contributed by atoms with Crippen molar-refractivity contribution >= 4 is 34.4 Å². The molecule has 0 spiro atoms. The van der Waals surface area contributed by atoms with Crippen LogP contribution in [0.4, 0.5) is 0 Å². The van der Waals surface area contributed by atoms with E-state index in [-0.39, 0.29) is 0 Å². The van der Waals surface area contributed by atoms with Gasteiger partial charge in [0.2, 0.25) is 0 Å². The molecular formula is C26H22BN3O2. The molecule has 2 heterocycles. The molecule has 0 unspecified atom stereocenters. The van der Waals surface area contributed by atoms with Gasteiger partial charge in [-0.2, -0.15) is 10.5 Å². The minimum Gasteiger partial charge on any atom is -0.399 e. The summed E-state index contributed by atoms with van der Waals surface area (Å²) >= 11 is 0. The Hall–Kier alpha value is -3.58. The molecule has 0 N–H and O–H groups in total. The molecule has 0 radical (unpaired) electrons. The minimum absolute atomic E-state index is 0.500. The van der Waals surface area contributed by atoms with Gasteiger partial charge >= 0.3 is 7.12 Å². The van der Waals surface area contributed by atoms with Crippen LogP contribution in [0, 0.1) is 22.7 Å². The summed E-state index contributed by atoms with van der Waals surface area (Å²) in [6, 6.07) is 23.9. The maximum Gasteiger partial charge on any atom is 0.497 e. The Balaban J connectivity index is 1.82. The van der Waals surface area contributed by atoms with Gasteiger partial charge in [-0.3, -0.25) is 0 Å². The standard InChI is InChI=1S/C26H22BN3O2/c1-25(2)26(3,4)32-27(31-25)21-14-18(16-29)10-12-24(21)30-22-8-6-5-7-19(22)20-13-17(15-28)9-11-23(20)30/h5-14H,1-4H3. The number of hydrogen-bond donors (Lipinski definition) is 0. The van der Waals surface area contributed by atoms with Crippen LogP contribution in [0.25, 0.3) is 27.5 Å². The molecule has 4 aromatic rings. The van der Waals surface area contributed by atoms with Crippen LogP contribution < -0.4 is 5.46 Å². The number of hydrogen-bond acceptors (Lipinski definition) is 4. The SMILES string of the molecule is CC1(C)OB(c2cc(C#N)ccc2-n2c3ccccc3c3cc(C#N)ccc32)OC1(C)C. The highest BCUT2D eigenvalue weighted by molar-refractivity contribution is 6.63. The van der Waals surface area contributed by atoms with Crippen molar-refractivity contribution in [1.29, 1.82) is 10.5 Å². The number of aromatic nitrogens is 1. The average molecular weight is 419 g/mol. The van der Waals surface area contributed by atoms with E-state index < -0.39 is 18.3 Å². The van der Waals surface area contributed by atoms with Gasteiger partial charge in [0.15, 0.2) is 0 Å². The minimum atomic E-state index is -0.613. The maximum atomic E-state index is 9.56. The molecule has 0 aliphatic carbocycles. The second-order valence-corrected chi connectivity index (χ2v) is 9.17. The van der Waals surface area contributed by atoms with Crippen LogP contribution in [0.5, 0.6) is 0 Å². The summed E-state index contributed by atoms with van der Waals surface area (Å²) in [5, 5.41) is 21.0. The first-order valence-electron chi connectivity index (χ1n) is 10.6. The summed E-state index contributed by atoms with van der Waals surface area (Å²) in [7, 11) is -0.613. The number of fused-ring (bicyclic) bond motifs is 3. The van der Waals surface area contributed by atoms with E-state index in [2.05, 4.69) is 28.8 Å². The van der Waals surface area contributed by atoms with Crippen molar-refractivity contribution in [2.45, 2.75) is 38.9 Å². The lowest BCUT2D eigenvalue weighted by atomic mass is 9.77. The lowest BCUT2D eigenvalue weighted by Gasteiger charge is -2.32. The molecule has 1 saturated heterocycles. The number of rotatable bonds is 2. The quantitative estimate of drug-likeness (QED) is 0.437. The van der Waals surface area contributed by atoms with Gasteiger partial charge in [0, 0.05) is 21.9 Å². The fraction of sp³-hybridized carbons (Fsp3) is 0.231. The topological polar surface area (TPSA) is 71.0 Å². The smallest absolute Gasteiger partial charge is 0.399 e. The molecule has 5 rings (SSSR count). The molecular weight excluding hydrogens is 397 g/mol. The second-order valence-electron chi connectivity index (χ2n) is 9.17. The van der Waals surface area contributed by atoms with Crippen molar-refractivity contribution in [2.24, 2.45) is 0 Å². The number of nitriles is 2. The first-order valence-corrected chi connectivity index (χ1v) is 10.6. The van der Waals surface area contributed by atoms with E-state index in [4.69, 9.17) is 9.31 Å². The zero-order valence-electron chi connectivity index (χ0n) is 18.5. The van der Waals surface area contributed by atoms with Gasteiger partial charge in [0.1, 0.15) is 0 Å². The zero-order chi connectivity index (χ0) is 22.7. The van der Waals surface area contributed by atoms with Crippen LogP contribution >= 0.6 is 0 Å². The van der Waals surface area contributed by atoms with Gasteiger partial charge in [-0.15, -0.1) is 0 Å². The van der Waals surface area contributed by atoms with E-state index in [0.717, 1.165) is 33.0 Å². The summed E-state index contributed by atoms with van der Waals surface area (Å²) in [6.07, 6.45) is 0. The monoisotopic (exact) mass is 419 g/mol. The van der Waals surface area contributed by atoms with Gasteiger partial charge in [-0.1, -0.05) is 18.2 Å². The van der Waals surface area contributed by atoms with Gasteiger partial charge in [-0.25, -0.2) is 0 Å². The Kier molecular flexibility index (Phi) is 4.43. The van der Waals surface area contributed by atoms with E-state index >= 15 is 0 Å². The average Bonchev–Trinajstić information content (AvgIpc) is 3.22. The van der Waals surface area contributed by atoms with E-state index in [0.29, 0.717) is 11.1 Å². The molecule has 156 valence electrons. The summed E-state index contributed by atoms with van der Waals surface area (Å²) in [6.45, 7) is 8.07. The third-order valence-electron chi connectivity index (χ3n) is 6.71. The van der Waals surface area contributed by atoms with Crippen LogP contribution in [-0.2, 0) is 9.31 Å². The van der Waals surface area contributed by atoms with E-state index in [1.54, 1.807) is 0 Å². The predicted molar refractivity (Wildman–Crippen MR) is 126 cm³/mol. The van der Waals surface area contributed by atoms with Gasteiger partial charge in [0.05, 0.1) is 45.5 Å². The zero-order valence-corrected chi connectivity index (χ0v) is 18.5. The molecule has 32 heavy (non-hydrogen) atoms. The Bertz CT molecular complexity index is 1450. The fourth-order valence-corrected chi connectivity index (χ4v) is 4.29. The lowest BCUT2D eigenvalue weighted by Crippen LogP contribution is -2.41. The molecule has 0 amide bonds. The van der Waals surface area contributed by atoms with E-state index in [1.807, 2.05) is 76.2 Å². The highest BCUT2D eigenvalue weighted by Gasteiger charge is 2.52. The molecule has 1 fully saturated rings. The van der Waals surface area contributed by atoms with Crippen LogP contribution in [-0.4, -0.2) is 22.9 Å². The van der Waals surface area contributed by atoms with Gasteiger partial charge < -0.3 is 13.9 Å². The molecule has 3 aromatic carbocycles. The van der Waals surface area contributed by atoms with Crippen molar-refractivity contribution < 1.29 is 9.31 Å². The van der Waals surface area contributed by atoms with Gasteiger partial charge in [-0.05, 0) is 70.2 Å². The Labute approximate surface area is 187 Å². The lowest BCUT2D eigenvalue weighted by molar-refractivity contribution is 0.00578. The largest absolute Gasteiger partial charge is 0.497 e. The summed E-state index contributed by atoms with van der Waals surface area (Å²) in [4.78, 5) is 0. The molecule has 1 aromatic heterocycles. The second kappa shape index (κ2) is 6.97. The van der Waals surface area contributed by atoms with Crippen molar-refractivity contribution in [3.8, 4) is 17.8 Å². The molecule has 0 atom stereocenters. The number of nitrogens with zero attached hydrogens (tertiary/aromatic N) is 3. The summed E-state index contributed by atoms with van der Waals surface area (Å²) in [5.74, 6) is 0. The third-order valence-corrected chi connectivity index (χ3v) is 6.71. The van der Waals surface area contributed by atoms with Crippen molar-refractivity contribution in [3.05, 3.63) is 71.8 Å². The summed E-state index contributed by atoms with van der Waals surface area (Å²) in [5.41, 5.74) is 3.85. The Morgan fingerprint density at radius 1 is 0.750 bits per heavy atom. The highest BCUT2D eigenvalue weighted by Crippen LogP contribution is 2.38. The molecule has 5 nitrogen and oxygen atoms in total. The Morgan fingerprint density at radius 3 is 2.03 bits per heavy atom. The normalized spacial score (nSPS) is 16.9. The molecule has 0 bridgehead atoms. The maximum absolute atomic E-state index is 9.56. The van der Waals surface area contributed by atoms with E-state index in [9.17, 15) is 10.5 Å². The highest BCUT2D eigenvalue weighted by atomic mass is 16.7. The Morgan fingerprint density at radius 2 is 1.34 bits per heavy atom. The number of benzene rings is 3. The van der Waals surface area contributed by atoms with Crippen molar-refractivity contribution in [2.75, 3.05) is 0 Å². The van der Waals surface area contributed by atoms with Crippen LogP contribution in [0.3, 0.4) is 0 Å². The van der Waals surface area contributed by atoms with Crippen LogP contribution in [0.1, 0.15) is 38.8 Å². The van der Waals surface area contributed by atoms with Crippen molar-refractivity contribution in [1.82, 2.24) is 4.57 Å².